The minimum absolute atomic E-state index is 0.00849. The molecule has 132 valence electrons. The van der Waals surface area contributed by atoms with Gasteiger partial charge in [-0.3, -0.25) is 9.59 Å². The first-order valence-electron chi connectivity index (χ1n) is 8.11. The molecule has 7 heteroatoms. The van der Waals surface area contributed by atoms with Gasteiger partial charge in [-0.25, -0.2) is 0 Å². The van der Waals surface area contributed by atoms with E-state index in [4.69, 9.17) is 0 Å². The molecule has 1 aliphatic rings. The number of aliphatic hydroxyl groups excluding tert-OH is 1. The summed E-state index contributed by atoms with van der Waals surface area (Å²) in [4.78, 5) is 27.4. The van der Waals surface area contributed by atoms with E-state index in [1.165, 1.54) is 11.3 Å². The molecule has 1 atom stereocenters. The Balaban J connectivity index is 1.81. The third-order valence-corrected chi connectivity index (χ3v) is 4.12. The van der Waals surface area contributed by atoms with E-state index >= 15 is 0 Å². The third kappa shape index (κ3) is 4.69. The van der Waals surface area contributed by atoms with Crippen LogP contribution in [0.2, 0.25) is 0 Å². The van der Waals surface area contributed by atoms with E-state index in [0.717, 1.165) is 18.5 Å². The van der Waals surface area contributed by atoms with Crippen LogP contribution in [-0.4, -0.2) is 69.1 Å². The van der Waals surface area contributed by atoms with Gasteiger partial charge in [0.1, 0.15) is 0 Å². The van der Waals surface area contributed by atoms with Crippen LogP contribution < -0.4 is 15.5 Å². The first kappa shape index (κ1) is 18.2. The van der Waals surface area contributed by atoms with E-state index in [0.29, 0.717) is 13.1 Å². The van der Waals surface area contributed by atoms with Gasteiger partial charge in [-0.2, -0.15) is 0 Å². The Bertz CT molecular complexity index is 603. The maximum Gasteiger partial charge on any atom is 0.309 e. The average molecular weight is 334 g/mol. The zero-order valence-electron chi connectivity index (χ0n) is 14.5. The van der Waals surface area contributed by atoms with Crippen molar-refractivity contribution in [2.75, 3.05) is 52.2 Å². The Kier molecular flexibility index (Phi) is 6.16. The van der Waals surface area contributed by atoms with E-state index in [9.17, 15) is 14.7 Å². The molecule has 1 unspecified atom stereocenters. The molecule has 24 heavy (non-hydrogen) atoms. The summed E-state index contributed by atoms with van der Waals surface area (Å²) < 4.78 is 0. The van der Waals surface area contributed by atoms with Crippen molar-refractivity contribution in [2.24, 2.45) is 0 Å². The number of nitrogens with zero attached hydrogens (tertiary/aromatic N) is 2. The predicted molar refractivity (Wildman–Crippen MR) is 92.9 cm³/mol. The van der Waals surface area contributed by atoms with Crippen molar-refractivity contribution in [2.45, 2.75) is 12.5 Å². The number of likely N-dealkylation sites (N-methyl/N-ethyl adjacent to an activating group) is 2. The SMILES string of the molecule is CN(C)CCNC(=O)C(=O)NCC(O)c1ccc2c(c1)CCN2C. The second-order valence-corrected chi connectivity index (χ2v) is 6.34. The summed E-state index contributed by atoms with van der Waals surface area (Å²) in [7, 11) is 5.81. The number of hydrogen-bond donors (Lipinski definition) is 3. The molecule has 3 N–H and O–H groups in total. The molecule has 0 saturated carbocycles. The number of aliphatic hydroxyl groups is 1. The normalized spacial score (nSPS) is 14.5. The lowest BCUT2D eigenvalue weighted by Crippen LogP contribution is -2.43. The molecule has 1 aromatic rings. The van der Waals surface area contributed by atoms with Gasteiger partial charge >= 0.3 is 11.8 Å². The highest BCUT2D eigenvalue weighted by Gasteiger charge is 2.19. The highest BCUT2D eigenvalue weighted by atomic mass is 16.3. The van der Waals surface area contributed by atoms with E-state index in [-0.39, 0.29) is 6.54 Å². The maximum atomic E-state index is 11.7. The van der Waals surface area contributed by atoms with Crippen LogP contribution in [-0.2, 0) is 16.0 Å². The van der Waals surface area contributed by atoms with Crippen LogP contribution in [0.25, 0.3) is 0 Å². The zero-order chi connectivity index (χ0) is 17.7. The number of fused-ring (bicyclic) bond motifs is 1. The number of anilines is 1. The van der Waals surface area contributed by atoms with Gasteiger partial charge in [-0.05, 0) is 37.7 Å². The predicted octanol–water partition coefficient (Wildman–Crippen LogP) is -0.494. The second-order valence-electron chi connectivity index (χ2n) is 6.34. The summed E-state index contributed by atoms with van der Waals surface area (Å²) in [6.07, 6.45) is 0.118. The van der Waals surface area contributed by atoms with Gasteiger partial charge in [-0.15, -0.1) is 0 Å². The molecule has 0 aromatic heterocycles. The van der Waals surface area contributed by atoms with Crippen molar-refractivity contribution in [1.29, 1.82) is 0 Å². The van der Waals surface area contributed by atoms with Crippen molar-refractivity contribution in [1.82, 2.24) is 15.5 Å². The molecule has 2 amide bonds. The fraction of sp³-hybridized carbons (Fsp3) is 0.529. The average Bonchev–Trinajstić information content (AvgIpc) is 2.92. The lowest BCUT2D eigenvalue weighted by molar-refractivity contribution is -0.139. The minimum atomic E-state index is -0.834. The monoisotopic (exact) mass is 334 g/mol. The number of rotatable bonds is 6. The summed E-state index contributed by atoms with van der Waals surface area (Å²) >= 11 is 0. The molecule has 0 saturated heterocycles. The fourth-order valence-electron chi connectivity index (χ4n) is 2.65. The minimum Gasteiger partial charge on any atom is -0.387 e. The number of benzene rings is 1. The van der Waals surface area contributed by atoms with Crippen molar-refractivity contribution < 1.29 is 14.7 Å². The van der Waals surface area contributed by atoms with Crippen LogP contribution in [0, 0.1) is 0 Å². The summed E-state index contributed by atoms with van der Waals surface area (Å²) in [6.45, 7) is 2.04. The lowest BCUT2D eigenvalue weighted by atomic mass is 10.0. The number of hydrogen-bond acceptors (Lipinski definition) is 5. The fourth-order valence-corrected chi connectivity index (χ4v) is 2.65. The summed E-state index contributed by atoms with van der Waals surface area (Å²) in [5.74, 6) is -1.41. The lowest BCUT2D eigenvalue weighted by Gasteiger charge is -2.15. The van der Waals surface area contributed by atoms with Gasteiger partial charge in [0, 0.05) is 38.9 Å². The summed E-state index contributed by atoms with van der Waals surface area (Å²) in [5.41, 5.74) is 3.12. The van der Waals surface area contributed by atoms with Crippen LogP contribution in [0.1, 0.15) is 17.2 Å². The van der Waals surface area contributed by atoms with Gasteiger partial charge < -0.3 is 25.5 Å². The van der Waals surface area contributed by atoms with Gasteiger partial charge in [0.25, 0.3) is 0 Å². The summed E-state index contributed by atoms with van der Waals surface area (Å²) in [5, 5.41) is 15.2. The Morgan fingerprint density at radius 2 is 2.00 bits per heavy atom. The Labute approximate surface area is 142 Å². The number of nitrogens with one attached hydrogen (secondary N) is 2. The smallest absolute Gasteiger partial charge is 0.309 e. The van der Waals surface area contributed by atoms with Crippen molar-refractivity contribution in [3.05, 3.63) is 29.3 Å². The molecule has 1 heterocycles. The van der Waals surface area contributed by atoms with Crippen molar-refractivity contribution >= 4 is 17.5 Å². The van der Waals surface area contributed by atoms with Gasteiger partial charge in [0.05, 0.1) is 6.10 Å². The maximum absolute atomic E-state index is 11.7. The molecule has 0 spiro atoms. The molecule has 7 nitrogen and oxygen atoms in total. The number of carbonyl (C=O) groups excluding carboxylic acids is 2. The summed E-state index contributed by atoms with van der Waals surface area (Å²) in [6, 6.07) is 5.80. The highest BCUT2D eigenvalue weighted by molar-refractivity contribution is 6.35. The zero-order valence-corrected chi connectivity index (χ0v) is 14.5. The number of amides is 2. The van der Waals surface area contributed by atoms with Crippen LogP contribution in [0.3, 0.4) is 0 Å². The van der Waals surface area contributed by atoms with Crippen molar-refractivity contribution in [3.8, 4) is 0 Å². The standard InChI is InChI=1S/C17H26N4O3/c1-20(2)9-7-18-16(23)17(24)19-11-15(22)13-4-5-14-12(10-13)6-8-21(14)3/h4-5,10,15,22H,6-9,11H2,1-3H3,(H,18,23)(H,19,24). The van der Waals surface area contributed by atoms with Gasteiger partial charge in [0.2, 0.25) is 0 Å². The molecular formula is C17H26N4O3. The second kappa shape index (κ2) is 8.12. The van der Waals surface area contributed by atoms with Crippen LogP contribution >= 0.6 is 0 Å². The van der Waals surface area contributed by atoms with E-state index in [2.05, 4.69) is 15.5 Å². The van der Waals surface area contributed by atoms with Crippen LogP contribution in [0.15, 0.2) is 18.2 Å². The molecule has 0 radical (unpaired) electrons. The Morgan fingerprint density at radius 1 is 1.29 bits per heavy atom. The largest absolute Gasteiger partial charge is 0.387 e. The van der Waals surface area contributed by atoms with E-state index in [1.807, 2.05) is 44.2 Å². The third-order valence-electron chi connectivity index (χ3n) is 4.12. The molecule has 1 aromatic carbocycles. The quantitative estimate of drug-likeness (QED) is 0.611. The topological polar surface area (TPSA) is 84.9 Å². The van der Waals surface area contributed by atoms with Crippen molar-refractivity contribution in [3.63, 3.8) is 0 Å². The molecular weight excluding hydrogens is 308 g/mol. The highest BCUT2D eigenvalue weighted by Crippen LogP contribution is 2.29. The van der Waals surface area contributed by atoms with Gasteiger partial charge in [0.15, 0.2) is 0 Å². The molecule has 0 aliphatic carbocycles. The van der Waals surface area contributed by atoms with Crippen LogP contribution in [0.4, 0.5) is 5.69 Å². The molecule has 2 rings (SSSR count). The first-order valence-corrected chi connectivity index (χ1v) is 8.11. The van der Waals surface area contributed by atoms with Crippen LogP contribution in [0.5, 0.6) is 0 Å². The van der Waals surface area contributed by atoms with E-state index in [1.54, 1.807) is 0 Å². The molecule has 0 bridgehead atoms. The van der Waals surface area contributed by atoms with E-state index < -0.39 is 17.9 Å². The number of carbonyl (C=O) groups is 2. The Hall–Kier alpha value is -2.12. The van der Waals surface area contributed by atoms with Gasteiger partial charge in [-0.1, -0.05) is 12.1 Å². The first-order chi connectivity index (χ1) is 11.4. The molecule has 0 fully saturated rings. The molecule has 1 aliphatic heterocycles. The Morgan fingerprint density at radius 3 is 2.71 bits per heavy atom.